The molecule has 3 aromatic heterocycles. The molecule has 0 saturated carbocycles. The van der Waals surface area contributed by atoms with Crippen LogP contribution in [-0.4, -0.2) is 48.6 Å². The third-order valence-electron chi connectivity index (χ3n) is 5.03. The summed E-state index contributed by atoms with van der Waals surface area (Å²) in [6, 6.07) is 5.99. The van der Waals surface area contributed by atoms with Crippen LogP contribution in [-0.2, 0) is 6.54 Å². The van der Waals surface area contributed by atoms with Gasteiger partial charge in [-0.3, -0.25) is 4.57 Å². The van der Waals surface area contributed by atoms with Gasteiger partial charge in [0.25, 0.3) is 0 Å². The van der Waals surface area contributed by atoms with Crippen LogP contribution >= 0.6 is 0 Å². The molecule has 0 aliphatic heterocycles. The first-order valence-corrected chi connectivity index (χ1v) is 10.1. The van der Waals surface area contributed by atoms with Crippen LogP contribution in [0.1, 0.15) is 31.2 Å². The highest BCUT2D eigenvalue weighted by molar-refractivity contribution is 6.01. The van der Waals surface area contributed by atoms with Crippen molar-refractivity contribution in [1.82, 2.24) is 29.6 Å². The number of nitrogens with one attached hydrogen (secondary N) is 1. The van der Waals surface area contributed by atoms with Gasteiger partial charge in [0.2, 0.25) is 5.88 Å². The van der Waals surface area contributed by atoms with E-state index in [1.165, 1.54) is 12.5 Å². The second-order valence-electron chi connectivity index (χ2n) is 7.63. The van der Waals surface area contributed by atoms with Gasteiger partial charge in [0.05, 0.1) is 16.9 Å². The summed E-state index contributed by atoms with van der Waals surface area (Å²) in [7, 11) is 1.81. The van der Waals surface area contributed by atoms with Crippen molar-refractivity contribution in [2.45, 2.75) is 26.3 Å². The predicted octanol–water partition coefficient (Wildman–Crippen LogP) is 3.18. The maximum Gasteiger partial charge on any atom is 0.416 e. The van der Waals surface area contributed by atoms with Crippen LogP contribution in [0.25, 0.3) is 22.0 Å². The average molecular weight is 448 g/mol. The zero-order valence-electron chi connectivity index (χ0n) is 18.2. The van der Waals surface area contributed by atoms with Crippen molar-refractivity contribution in [3.05, 3.63) is 54.4 Å². The number of primary amides is 1. The Morgan fingerprint density at radius 3 is 2.73 bits per heavy atom. The molecule has 3 heterocycles. The first-order chi connectivity index (χ1) is 15.8. The predicted molar refractivity (Wildman–Crippen MR) is 119 cm³/mol. The number of fused-ring (bicyclic) bond motifs is 1. The van der Waals surface area contributed by atoms with E-state index in [1.807, 2.05) is 20.9 Å². The molecule has 1 radical (unpaired) electrons. The molecule has 0 spiro atoms. The monoisotopic (exact) mass is 448 g/mol. The number of rotatable bonds is 6. The Hall–Kier alpha value is -4.25. The molecule has 0 unspecified atom stereocenters. The molecule has 0 atom stereocenters. The molecule has 0 bridgehead atoms. The third kappa shape index (κ3) is 4.13. The van der Waals surface area contributed by atoms with Gasteiger partial charge >= 0.3 is 12.1 Å². The van der Waals surface area contributed by atoms with Crippen molar-refractivity contribution in [2.75, 3.05) is 7.05 Å². The minimum atomic E-state index is -1.15. The van der Waals surface area contributed by atoms with E-state index in [2.05, 4.69) is 26.6 Å². The Kier molecular flexibility index (Phi) is 5.80. The molecule has 11 heteroatoms. The number of benzene rings is 1. The number of ether oxygens (including phenoxy) is 1. The molecule has 33 heavy (non-hydrogen) atoms. The fraction of sp³-hybridized carbons (Fsp3) is 0.227. The van der Waals surface area contributed by atoms with Crippen LogP contribution in [0.5, 0.6) is 11.6 Å². The zero-order valence-corrected chi connectivity index (χ0v) is 18.2. The molecule has 0 aliphatic rings. The van der Waals surface area contributed by atoms with E-state index < -0.39 is 12.1 Å². The van der Waals surface area contributed by atoms with Gasteiger partial charge in [-0.2, -0.15) is 9.78 Å². The van der Waals surface area contributed by atoms with Gasteiger partial charge in [0.15, 0.2) is 0 Å². The highest BCUT2D eigenvalue weighted by Gasteiger charge is 2.23. The third-order valence-corrected chi connectivity index (χ3v) is 5.03. The summed E-state index contributed by atoms with van der Waals surface area (Å²) >= 11 is 0. The number of carbonyl (C=O) groups is 2. The highest BCUT2D eigenvalue weighted by Crippen LogP contribution is 2.37. The Labute approximate surface area is 188 Å². The van der Waals surface area contributed by atoms with E-state index in [9.17, 15) is 14.7 Å². The number of hydrogen-bond acceptors (Lipinski definition) is 7. The molecule has 0 fully saturated rings. The van der Waals surface area contributed by atoms with E-state index >= 15 is 0 Å². The van der Waals surface area contributed by atoms with Gasteiger partial charge in [0.1, 0.15) is 18.3 Å². The highest BCUT2D eigenvalue weighted by atomic mass is 16.5. The Morgan fingerprint density at radius 2 is 2.06 bits per heavy atom. The first kappa shape index (κ1) is 22.0. The van der Waals surface area contributed by atoms with Crippen molar-refractivity contribution >= 4 is 23.0 Å². The van der Waals surface area contributed by atoms with Gasteiger partial charge in [-0.05, 0) is 31.2 Å². The van der Waals surface area contributed by atoms with Crippen LogP contribution in [0, 0.1) is 6.20 Å². The van der Waals surface area contributed by atoms with E-state index in [1.54, 1.807) is 24.3 Å². The van der Waals surface area contributed by atoms with Crippen molar-refractivity contribution in [3.8, 4) is 22.8 Å². The molecular formula is C22H22N7O4. The zero-order chi connectivity index (χ0) is 23.7. The standard InChI is InChI=1S/C22H22N7O4/c1-12(2)20-16(9-27-29(20)21(23)30)17-10-28(22(31)32)18-5-4-14(7-15(17)18)33-19-6-13(8-24-3)25-11-26-19/h4-7,10-12,24H,8H2,1-3H3,(H2,23,30)(H,31,32). The summed E-state index contributed by atoms with van der Waals surface area (Å²) in [6.45, 7) is 4.33. The minimum absolute atomic E-state index is 0.125. The number of carboxylic acid groups (broad SMARTS) is 1. The maximum absolute atomic E-state index is 11.9. The van der Waals surface area contributed by atoms with Gasteiger partial charge in [0, 0.05) is 35.3 Å². The van der Waals surface area contributed by atoms with Crippen molar-refractivity contribution < 1.29 is 19.4 Å². The normalized spacial score (nSPS) is 11.3. The molecule has 0 aliphatic carbocycles. The second kappa shape index (κ2) is 8.71. The number of amides is 1. The van der Waals surface area contributed by atoms with Crippen molar-refractivity contribution in [2.24, 2.45) is 5.73 Å². The Balaban J connectivity index is 1.85. The van der Waals surface area contributed by atoms with Gasteiger partial charge in [-0.1, -0.05) is 13.8 Å². The molecule has 1 amide bonds. The number of nitrogens with two attached hydrogens (primary N) is 1. The van der Waals surface area contributed by atoms with Gasteiger partial charge in [-0.25, -0.2) is 19.6 Å². The molecule has 169 valence electrons. The molecule has 11 nitrogen and oxygen atoms in total. The molecule has 1 aromatic carbocycles. The fourth-order valence-corrected chi connectivity index (χ4v) is 3.68. The van der Waals surface area contributed by atoms with Crippen molar-refractivity contribution in [3.63, 3.8) is 0 Å². The van der Waals surface area contributed by atoms with Crippen LogP contribution < -0.4 is 15.8 Å². The number of aromatic nitrogens is 5. The van der Waals surface area contributed by atoms with E-state index in [-0.39, 0.29) is 5.92 Å². The minimum Gasteiger partial charge on any atom is -0.464 e. The SMILES string of the molecule is CNCc1cc(Oc2ccc3c(c2)c(-c2[c]nn(C(N)=O)c2C(C)C)cn3C(=O)O)ncn1. The number of nitrogens with zero attached hydrogens (tertiary/aromatic N) is 5. The van der Waals surface area contributed by atoms with E-state index in [4.69, 9.17) is 10.5 Å². The summed E-state index contributed by atoms with van der Waals surface area (Å²) in [4.78, 5) is 32.0. The Bertz CT molecular complexity index is 1360. The quantitative estimate of drug-likeness (QED) is 0.407. The maximum atomic E-state index is 11.9. The summed E-state index contributed by atoms with van der Waals surface area (Å²) < 4.78 is 8.09. The summed E-state index contributed by atoms with van der Waals surface area (Å²) in [5, 5.41) is 17.3. The molecule has 0 saturated heterocycles. The summed E-state index contributed by atoms with van der Waals surface area (Å²) in [6.07, 6.45) is 4.56. The topological polar surface area (TPSA) is 150 Å². The molecular weight excluding hydrogens is 426 g/mol. The molecule has 4 rings (SSSR count). The molecule has 4 aromatic rings. The van der Waals surface area contributed by atoms with Crippen LogP contribution in [0.15, 0.2) is 36.8 Å². The largest absolute Gasteiger partial charge is 0.464 e. The lowest BCUT2D eigenvalue weighted by molar-refractivity contribution is 0.197. The van der Waals surface area contributed by atoms with E-state index in [0.717, 1.165) is 14.9 Å². The lowest BCUT2D eigenvalue weighted by atomic mass is 9.99. The lowest BCUT2D eigenvalue weighted by Crippen LogP contribution is -2.23. The van der Waals surface area contributed by atoms with Crippen LogP contribution in [0.4, 0.5) is 9.59 Å². The fourth-order valence-electron chi connectivity index (χ4n) is 3.68. The summed E-state index contributed by atoms with van der Waals surface area (Å²) in [5.41, 5.74) is 8.22. The van der Waals surface area contributed by atoms with Gasteiger partial charge < -0.3 is 20.9 Å². The lowest BCUT2D eigenvalue weighted by Gasteiger charge is -2.10. The van der Waals surface area contributed by atoms with Crippen LogP contribution in [0.3, 0.4) is 0 Å². The summed E-state index contributed by atoms with van der Waals surface area (Å²) in [5.74, 6) is 0.680. The van der Waals surface area contributed by atoms with Crippen molar-refractivity contribution in [1.29, 1.82) is 0 Å². The number of hydrogen-bond donors (Lipinski definition) is 3. The average Bonchev–Trinajstić information content (AvgIpc) is 3.36. The first-order valence-electron chi connectivity index (χ1n) is 10.1. The second-order valence-corrected chi connectivity index (χ2v) is 7.63. The Morgan fingerprint density at radius 1 is 1.27 bits per heavy atom. The van der Waals surface area contributed by atoms with E-state index in [0.29, 0.717) is 45.9 Å². The van der Waals surface area contributed by atoms with Crippen LogP contribution in [0.2, 0.25) is 0 Å². The smallest absolute Gasteiger partial charge is 0.416 e. The van der Waals surface area contributed by atoms with Gasteiger partial charge in [-0.15, -0.1) is 0 Å². The molecule has 4 N–H and O–H groups in total. The number of carbonyl (C=O) groups excluding carboxylic acids is 1.